The Kier molecular flexibility index (Phi) is 4.34. The predicted octanol–water partition coefficient (Wildman–Crippen LogP) is 2.63. The molecule has 1 rings (SSSR count). The van der Waals surface area contributed by atoms with Crippen LogP contribution in [0.15, 0.2) is 24.3 Å². The molecule has 0 bridgehead atoms. The lowest BCUT2D eigenvalue weighted by molar-refractivity contribution is 0.181. The van der Waals surface area contributed by atoms with Gasteiger partial charge in [0, 0.05) is 17.5 Å². The standard InChI is InChI=1S/C15H25NO/c1-12-6-8-13(9-7-12)14(2,3)10-16-15(4,5)11-17/h6-9,16-17H,10-11H2,1-5H3. The summed E-state index contributed by atoms with van der Waals surface area (Å²) in [6, 6.07) is 8.66. The van der Waals surface area contributed by atoms with E-state index in [1.807, 2.05) is 13.8 Å². The Labute approximate surface area is 105 Å². The maximum absolute atomic E-state index is 9.24. The zero-order valence-corrected chi connectivity index (χ0v) is 11.7. The van der Waals surface area contributed by atoms with Crippen LogP contribution in [0.25, 0.3) is 0 Å². The van der Waals surface area contributed by atoms with E-state index in [0.717, 1.165) is 6.54 Å². The molecule has 96 valence electrons. The summed E-state index contributed by atoms with van der Waals surface area (Å²) >= 11 is 0. The molecule has 1 aromatic rings. The number of aliphatic hydroxyl groups excluding tert-OH is 1. The molecule has 0 amide bonds. The Morgan fingerprint density at radius 1 is 1.06 bits per heavy atom. The maximum Gasteiger partial charge on any atom is 0.0607 e. The summed E-state index contributed by atoms with van der Waals surface area (Å²) in [6.45, 7) is 11.6. The Morgan fingerprint density at radius 2 is 1.59 bits per heavy atom. The second-order valence-electron chi connectivity index (χ2n) is 6.15. The highest BCUT2D eigenvalue weighted by atomic mass is 16.3. The van der Waals surface area contributed by atoms with Gasteiger partial charge in [0.2, 0.25) is 0 Å². The highest BCUT2D eigenvalue weighted by molar-refractivity contribution is 5.27. The fraction of sp³-hybridized carbons (Fsp3) is 0.600. The molecule has 0 aliphatic rings. The van der Waals surface area contributed by atoms with E-state index in [0.29, 0.717) is 0 Å². The largest absolute Gasteiger partial charge is 0.394 e. The number of hydrogen-bond donors (Lipinski definition) is 2. The molecule has 0 radical (unpaired) electrons. The summed E-state index contributed by atoms with van der Waals surface area (Å²) in [7, 11) is 0. The van der Waals surface area contributed by atoms with Crippen molar-refractivity contribution >= 4 is 0 Å². The number of hydrogen-bond acceptors (Lipinski definition) is 2. The van der Waals surface area contributed by atoms with Crippen LogP contribution in [0.5, 0.6) is 0 Å². The third kappa shape index (κ3) is 4.14. The molecule has 1 aromatic carbocycles. The molecule has 0 saturated carbocycles. The van der Waals surface area contributed by atoms with E-state index in [2.05, 4.69) is 50.4 Å². The molecule has 0 spiro atoms. The van der Waals surface area contributed by atoms with Gasteiger partial charge >= 0.3 is 0 Å². The third-order valence-electron chi connectivity index (χ3n) is 3.24. The third-order valence-corrected chi connectivity index (χ3v) is 3.24. The van der Waals surface area contributed by atoms with Crippen molar-refractivity contribution in [1.82, 2.24) is 5.32 Å². The molecule has 0 atom stereocenters. The van der Waals surface area contributed by atoms with Gasteiger partial charge in [-0.15, -0.1) is 0 Å². The topological polar surface area (TPSA) is 32.3 Å². The Morgan fingerprint density at radius 3 is 2.06 bits per heavy atom. The average Bonchev–Trinajstić information content (AvgIpc) is 2.27. The van der Waals surface area contributed by atoms with E-state index < -0.39 is 0 Å². The number of nitrogens with one attached hydrogen (secondary N) is 1. The number of benzene rings is 1. The fourth-order valence-electron chi connectivity index (χ4n) is 1.62. The highest BCUT2D eigenvalue weighted by Gasteiger charge is 2.24. The van der Waals surface area contributed by atoms with Crippen molar-refractivity contribution in [2.45, 2.75) is 45.6 Å². The van der Waals surface area contributed by atoms with Crippen LogP contribution in [0.1, 0.15) is 38.8 Å². The van der Waals surface area contributed by atoms with E-state index in [9.17, 15) is 5.11 Å². The molecular weight excluding hydrogens is 210 g/mol. The van der Waals surface area contributed by atoms with Crippen LogP contribution >= 0.6 is 0 Å². The van der Waals surface area contributed by atoms with Crippen LogP contribution in [0, 0.1) is 6.92 Å². The summed E-state index contributed by atoms with van der Waals surface area (Å²) in [4.78, 5) is 0. The predicted molar refractivity (Wildman–Crippen MR) is 73.4 cm³/mol. The smallest absolute Gasteiger partial charge is 0.0607 e. The van der Waals surface area contributed by atoms with Crippen molar-refractivity contribution in [2.75, 3.05) is 13.2 Å². The van der Waals surface area contributed by atoms with Crippen molar-refractivity contribution in [1.29, 1.82) is 0 Å². The van der Waals surface area contributed by atoms with Gasteiger partial charge in [0.1, 0.15) is 0 Å². The Balaban J connectivity index is 2.71. The number of rotatable bonds is 5. The van der Waals surface area contributed by atoms with Gasteiger partial charge in [-0.2, -0.15) is 0 Å². The first-order chi connectivity index (χ1) is 7.77. The number of aliphatic hydroxyl groups is 1. The SMILES string of the molecule is Cc1ccc(C(C)(C)CNC(C)(C)CO)cc1. The van der Waals surface area contributed by atoms with Crippen LogP contribution in [0.4, 0.5) is 0 Å². The zero-order chi connectivity index (χ0) is 13.1. The quantitative estimate of drug-likeness (QED) is 0.822. The van der Waals surface area contributed by atoms with Crippen LogP contribution in [0.2, 0.25) is 0 Å². The van der Waals surface area contributed by atoms with Gasteiger partial charge in [-0.05, 0) is 26.3 Å². The van der Waals surface area contributed by atoms with E-state index in [-0.39, 0.29) is 17.6 Å². The molecule has 0 heterocycles. The molecule has 0 fully saturated rings. The molecule has 0 aromatic heterocycles. The molecule has 2 heteroatoms. The Hall–Kier alpha value is -0.860. The van der Waals surface area contributed by atoms with Gasteiger partial charge in [-0.25, -0.2) is 0 Å². The van der Waals surface area contributed by atoms with Crippen molar-refractivity contribution in [2.24, 2.45) is 0 Å². The second kappa shape index (κ2) is 5.19. The minimum Gasteiger partial charge on any atom is -0.394 e. The van der Waals surface area contributed by atoms with Crippen LogP contribution in [0.3, 0.4) is 0 Å². The molecule has 0 aliphatic heterocycles. The van der Waals surface area contributed by atoms with E-state index in [4.69, 9.17) is 0 Å². The molecule has 0 saturated heterocycles. The first-order valence-corrected chi connectivity index (χ1v) is 6.20. The highest BCUT2D eigenvalue weighted by Crippen LogP contribution is 2.23. The summed E-state index contributed by atoms with van der Waals surface area (Å²) in [5.41, 5.74) is 2.46. The molecular formula is C15H25NO. The first kappa shape index (κ1) is 14.2. The maximum atomic E-state index is 9.24. The van der Waals surface area contributed by atoms with Gasteiger partial charge in [-0.1, -0.05) is 43.7 Å². The van der Waals surface area contributed by atoms with Crippen LogP contribution in [-0.2, 0) is 5.41 Å². The van der Waals surface area contributed by atoms with Gasteiger partial charge in [0.15, 0.2) is 0 Å². The molecule has 2 nitrogen and oxygen atoms in total. The van der Waals surface area contributed by atoms with Gasteiger partial charge < -0.3 is 10.4 Å². The normalized spacial score (nSPS) is 12.8. The van der Waals surface area contributed by atoms with Crippen molar-refractivity contribution in [3.8, 4) is 0 Å². The monoisotopic (exact) mass is 235 g/mol. The molecule has 17 heavy (non-hydrogen) atoms. The molecule has 0 aliphatic carbocycles. The molecule has 2 N–H and O–H groups in total. The van der Waals surface area contributed by atoms with E-state index >= 15 is 0 Å². The van der Waals surface area contributed by atoms with E-state index in [1.165, 1.54) is 11.1 Å². The van der Waals surface area contributed by atoms with Crippen molar-refractivity contribution < 1.29 is 5.11 Å². The summed E-state index contributed by atoms with van der Waals surface area (Å²) in [5.74, 6) is 0. The zero-order valence-electron chi connectivity index (χ0n) is 11.7. The number of aryl methyl sites for hydroxylation is 1. The van der Waals surface area contributed by atoms with Gasteiger partial charge in [-0.3, -0.25) is 0 Å². The van der Waals surface area contributed by atoms with Crippen LogP contribution < -0.4 is 5.32 Å². The minimum absolute atomic E-state index is 0.0696. The first-order valence-electron chi connectivity index (χ1n) is 6.20. The molecule has 0 unspecified atom stereocenters. The fourth-order valence-corrected chi connectivity index (χ4v) is 1.62. The second-order valence-corrected chi connectivity index (χ2v) is 6.15. The summed E-state index contributed by atoms with van der Waals surface area (Å²) in [5, 5.41) is 12.6. The van der Waals surface area contributed by atoms with Crippen LogP contribution in [-0.4, -0.2) is 23.8 Å². The summed E-state index contributed by atoms with van der Waals surface area (Å²) in [6.07, 6.45) is 0. The lowest BCUT2D eigenvalue weighted by Gasteiger charge is -2.32. The van der Waals surface area contributed by atoms with Gasteiger partial charge in [0.05, 0.1) is 6.61 Å². The lowest BCUT2D eigenvalue weighted by Crippen LogP contribution is -2.48. The van der Waals surface area contributed by atoms with Crippen molar-refractivity contribution in [3.05, 3.63) is 35.4 Å². The minimum atomic E-state index is -0.220. The van der Waals surface area contributed by atoms with E-state index in [1.54, 1.807) is 0 Å². The average molecular weight is 235 g/mol. The van der Waals surface area contributed by atoms with Gasteiger partial charge in [0.25, 0.3) is 0 Å². The lowest BCUT2D eigenvalue weighted by atomic mass is 9.83. The summed E-state index contributed by atoms with van der Waals surface area (Å²) < 4.78 is 0. The van der Waals surface area contributed by atoms with Crippen molar-refractivity contribution in [3.63, 3.8) is 0 Å². The Bertz CT molecular complexity index is 352.